The quantitative estimate of drug-likeness (QED) is 0.537. The van der Waals surface area contributed by atoms with Gasteiger partial charge >= 0.3 is 0 Å². The Morgan fingerprint density at radius 1 is 1.09 bits per heavy atom. The van der Waals surface area contributed by atoms with Crippen molar-refractivity contribution in [3.8, 4) is 6.07 Å². The number of nitriles is 1. The third-order valence-electron chi connectivity index (χ3n) is 5.50. The zero-order valence-electron chi connectivity index (χ0n) is 18.3. The van der Waals surface area contributed by atoms with Gasteiger partial charge in [0.15, 0.2) is 0 Å². The van der Waals surface area contributed by atoms with Gasteiger partial charge in [-0.25, -0.2) is 12.8 Å². The summed E-state index contributed by atoms with van der Waals surface area (Å²) in [6.45, 7) is 1.20. The molecule has 0 spiro atoms. The second-order valence-electron chi connectivity index (χ2n) is 7.87. The lowest BCUT2D eigenvalue weighted by Gasteiger charge is -2.25. The van der Waals surface area contributed by atoms with Gasteiger partial charge in [0.25, 0.3) is 5.91 Å². The lowest BCUT2D eigenvalue weighted by Crippen LogP contribution is -2.37. The Balaban J connectivity index is 1.60. The zero-order chi connectivity index (χ0) is 24.1. The molecule has 0 aliphatic carbocycles. The van der Waals surface area contributed by atoms with Crippen LogP contribution in [0.25, 0.3) is 0 Å². The van der Waals surface area contributed by atoms with Gasteiger partial charge in [-0.3, -0.25) is 4.79 Å². The number of nitrogens with one attached hydrogen (secondary N) is 1. The number of hydrogen-bond acceptors (Lipinski definition) is 5. The molecule has 2 aromatic carbocycles. The second kappa shape index (κ2) is 10.4. The predicted octanol–water partition coefficient (Wildman–Crippen LogP) is 3.61. The molecular formula is C24H23FN4O3S2. The average Bonchev–Trinajstić information content (AvgIpc) is 3.36. The van der Waals surface area contributed by atoms with E-state index in [1.165, 1.54) is 33.6 Å². The van der Waals surface area contributed by atoms with Crippen LogP contribution in [0, 0.1) is 17.1 Å². The number of thioether (sulfide) groups is 1. The molecule has 0 radical (unpaired) electrons. The Kier molecular flexibility index (Phi) is 7.36. The fourth-order valence-corrected chi connectivity index (χ4v) is 6.28. The fraction of sp³-hybridized carbons (Fsp3) is 0.250. The van der Waals surface area contributed by atoms with Crippen molar-refractivity contribution in [1.82, 2.24) is 14.2 Å². The van der Waals surface area contributed by atoms with Gasteiger partial charge < -0.3 is 9.88 Å². The molecule has 1 amide bonds. The molecule has 0 saturated carbocycles. The third-order valence-corrected chi connectivity index (χ3v) is 8.32. The van der Waals surface area contributed by atoms with E-state index in [9.17, 15) is 17.6 Å². The number of carbonyl (C=O) groups excluding carboxylic acids is 1. The number of sulfonamides is 1. The number of nitrogens with zero attached hydrogens (tertiary/aromatic N) is 3. The molecule has 0 unspecified atom stereocenters. The SMILES string of the molecule is N#Cc1ccc(CN(Cc2cccc(F)c2)C(=O)c2cc(S(=O)(=O)N3CCSCC3)c[nH]2)cc1. The summed E-state index contributed by atoms with van der Waals surface area (Å²) in [6.07, 6.45) is 1.34. The van der Waals surface area contributed by atoms with E-state index in [1.807, 2.05) is 0 Å². The summed E-state index contributed by atoms with van der Waals surface area (Å²) in [7, 11) is -3.69. The van der Waals surface area contributed by atoms with Crippen molar-refractivity contribution in [2.24, 2.45) is 0 Å². The van der Waals surface area contributed by atoms with Crippen molar-refractivity contribution in [2.45, 2.75) is 18.0 Å². The number of H-pyrrole nitrogens is 1. The second-order valence-corrected chi connectivity index (χ2v) is 11.0. The van der Waals surface area contributed by atoms with E-state index in [4.69, 9.17) is 5.26 Å². The van der Waals surface area contributed by atoms with E-state index in [0.29, 0.717) is 24.2 Å². The maximum absolute atomic E-state index is 13.8. The van der Waals surface area contributed by atoms with E-state index in [1.54, 1.807) is 48.2 Å². The number of benzene rings is 2. The molecule has 2 heterocycles. The highest BCUT2D eigenvalue weighted by molar-refractivity contribution is 7.99. The molecule has 1 fully saturated rings. The van der Waals surface area contributed by atoms with Crippen LogP contribution < -0.4 is 0 Å². The molecule has 7 nitrogen and oxygen atoms in total. The summed E-state index contributed by atoms with van der Waals surface area (Å²) in [5.41, 5.74) is 2.03. The van der Waals surface area contributed by atoms with E-state index >= 15 is 0 Å². The first kappa shape index (κ1) is 24.0. The van der Waals surface area contributed by atoms with Gasteiger partial charge in [0, 0.05) is 43.9 Å². The minimum Gasteiger partial charge on any atom is -0.356 e. The normalized spacial score (nSPS) is 14.5. The molecule has 4 rings (SSSR count). The van der Waals surface area contributed by atoms with Gasteiger partial charge in [0.1, 0.15) is 16.4 Å². The van der Waals surface area contributed by atoms with E-state index in [0.717, 1.165) is 17.1 Å². The first-order chi connectivity index (χ1) is 16.4. The summed E-state index contributed by atoms with van der Waals surface area (Å²) < 4.78 is 41.1. The molecule has 1 aromatic heterocycles. The molecule has 0 atom stereocenters. The molecule has 1 saturated heterocycles. The van der Waals surface area contributed by atoms with Crippen molar-refractivity contribution >= 4 is 27.7 Å². The minimum atomic E-state index is -3.69. The molecule has 1 N–H and O–H groups in total. The van der Waals surface area contributed by atoms with Gasteiger partial charge in [0.2, 0.25) is 10.0 Å². The van der Waals surface area contributed by atoms with Gasteiger partial charge in [0.05, 0.1) is 11.6 Å². The Morgan fingerprint density at radius 2 is 1.79 bits per heavy atom. The number of aromatic nitrogens is 1. The predicted molar refractivity (Wildman–Crippen MR) is 128 cm³/mol. The van der Waals surface area contributed by atoms with Crippen LogP contribution in [0.2, 0.25) is 0 Å². The molecule has 0 bridgehead atoms. The van der Waals surface area contributed by atoms with E-state index < -0.39 is 21.7 Å². The highest BCUT2D eigenvalue weighted by Gasteiger charge is 2.28. The Labute approximate surface area is 202 Å². The van der Waals surface area contributed by atoms with Gasteiger partial charge in [-0.2, -0.15) is 21.3 Å². The van der Waals surface area contributed by atoms with Gasteiger partial charge in [-0.05, 0) is 41.5 Å². The minimum absolute atomic E-state index is 0.0480. The van der Waals surface area contributed by atoms with Gasteiger partial charge in [-0.15, -0.1) is 0 Å². The number of amides is 1. The lowest BCUT2D eigenvalue weighted by atomic mass is 10.1. The largest absolute Gasteiger partial charge is 0.356 e. The van der Waals surface area contributed by atoms with Crippen LogP contribution in [0.5, 0.6) is 0 Å². The van der Waals surface area contributed by atoms with Crippen molar-refractivity contribution in [3.63, 3.8) is 0 Å². The van der Waals surface area contributed by atoms with Gasteiger partial charge in [-0.1, -0.05) is 24.3 Å². The van der Waals surface area contributed by atoms with Crippen molar-refractivity contribution < 1.29 is 17.6 Å². The molecule has 1 aliphatic rings. The monoisotopic (exact) mass is 498 g/mol. The van der Waals surface area contributed by atoms with Crippen molar-refractivity contribution in [1.29, 1.82) is 5.26 Å². The Morgan fingerprint density at radius 3 is 2.47 bits per heavy atom. The summed E-state index contributed by atoms with van der Waals surface area (Å²) in [5, 5.41) is 9.02. The van der Waals surface area contributed by atoms with Crippen molar-refractivity contribution in [3.05, 3.63) is 89.0 Å². The highest BCUT2D eigenvalue weighted by Crippen LogP contribution is 2.22. The van der Waals surface area contributed by atoms with Crippen LogP contribution in [0.3, 0.4) is 0 Å². The van der Waals surface area contributed by atoms with E-state index in [2.05, 4.69) is 11.1 Å². The molecule has 10 heteroatoms. The molecular weight excluding hydrogens is 475 g/mol. The van der Waals surface area contributed by atoms with Crippen LogP contribution in [0.15, 0.2) is 65.7 Å². The fourth-order valence-electron chi connectivity index (χ4n) is 3.71. The summed E-state index contributed by atoms with van der Waals surface area (Å²) in [5.74, 6) is 0.656. The summed E-state index contributed by atoms with van der Waals surface area (Å²) in [6, 6.07) is 16.2. The third kappa shape index (κ3) is 5.50. The molecule has 1 aliphatic heterocycles. The highest BCUT2D eigenvalue weighted by atomic mass is 32.2. The van der Waals surface area contributed by atoms with Crippen LogP contribution >= 0.6 is 11.8 Å². The number of rotatable bonds is 7. The van der Waals surface area contributed by atoms with Crippen LogP contribution in [-0.2, 0) is 23.1 Å². The smallest absolute Gasteiger partial charge is 0.270 e. The zero-order valence-corrected chi connectivity index (χ0v) is 19.9. The number of carbonyl (C=O) groups is 1. The lowest BCUT2D eigenvalue weighted by molar-refractivity contribution is 0.0724. The topological polar surface area (TPSA) is 97.3 Å². The molecule has 34 heavy (non-hydrogen) atoms. The maximum atomic E-state index is 13.8. The number of hydrogen-bond donors (Lipinski definition) is 1. The number of aromatic amines is 1. The van der Waals surface area contributed by atoms with Crippen LogP contribution in [0.4, 0.5) is 4.39 Å². The molecule has 3 aromatic rings. The van der Waals surface area contributed by atoms with Crippen LogP contribution in [0.1, 0.15) is 27.2 Å². The summed E-state index contributed by atoms with van der Waals surface area (Å²) in [4.78, 5) is 17.8. The Bertz CT molecular complexity index is 1310. The van der Waals surface area contributed by atoms with E-state index in [-0.39, 0.29) is 23.7 Å². The van der Waals surface area contributed by atoms with Crippen LogP contribution in [-0.4, -0.2) is 53.1 Å². The first-order valence-corrected chi connectivity index (χ1v) is 13.3. The maximum Gasteiger partial charge on any atom is 0.270 e. The van der Waals surface area contributed by atoms with Crippen molar-refractivity contribution in [2.75, 3.05) is 24.6 Å². The average molecular weight is 499 g/mol. The number of halogens is 1. The first-order valence-electron chi connectivity index (χ1n) is 10.7. The summed E-state index contributed by atoms with van der Waals surface area (Å²) >= 11 is 1.71. The Hall–Kier alpha value is -3.13. The standard InChI is InChI=1S/C24H23FN4O3S2/c25-21-3-1-2-20(12-21)17-28(16-19-6-4-18(14-26)5-7-19)24(30)23-13-22(15-27-23)34(31,32)29-8-10-33-11-9-29/h1-7,12-13,15,27H,8-11,16-17H2. The molecule has 176 valence electrons.